The van der Waals surface area contributed by atoms with E-state index in [9.17, 15) is 13.6 Å². The van der Waals surface area contributed by atoms with E-state index in [1.165, 1.54) is 17.8 Å². The number of carbonyl (C=O) groups excluding carboxylic acids is 1. The van der Waals surface area contributed by atoms with Crippen LogP contribution in [0.1, 0.15) is 42.2 Å². The van der Waals surface area contributed by atoms with Crippen molar-refractivity contribution < 1.29 is 13.6 Å². The lowest BCUT2D eigenvalue weighted by atomic mass is 9.92. The van der Waals surface area contributed by atoms with Crippen LogP contribution in [0.3, 0.4) is 0 Å². The maximum absolute atomic E-state index is 12.9. The molecule has 2 heterocycles. The van der Waals surface area contributed by atoms with Crippen molar-refractivity contribution in [1.29, 1.82) is 0 Å². The Kier molecular flexibility index (Phi) is 4.64. The van der Waals surface area contributed by atoms with Gasteiger partial charge in [-0.15, -0.1) is 0 Å². The predicted octanol–water partition coefficient (Wildman–Crippen LogP) is 3.55. The van der Waals surface area contributed by atoms with Gasteiger partial charge in [-0.25, -0.2) is 8.78 Å². The number of likely N-dealkylation sites (tertiary alicyclic amines) is 1. The van der Waals surface area contributed by atoms with E-state index in [2.05, 4.69) is 17.2 Å². The van der Waals surface area contributed by atoms with Crippen molar-refractivity contribution in [3.8, 4) is 0 Å². The predicted molar refractivity (Wildman–Crippen MR) is 87.1 cm³/mol. The number of aromatic nitrogens is 2. The monoisotopic (exact) mass is 333 g/mol. The van der Waals surface area contributed by atoms with Crippen LogP contribution >= 0.6 is 0 Å². The standard InChI is InChI=1S/C18H21F2N3O/c1-12-10-15(14-6-4-3-5-7-14)13(2)23(12)18(24)16-8-9-21-22(16)11-17(19)20/h3-9,12-13,15,17H,10-11H2,1-2H3/t12-,13+,15-/m1/s1. The molecule has 3 atom stereocenters. The van der Waals surface area contributed by atoms with Gasteiger partial charge in [-0.05, 0) is 31.9 Å². The highest BCUT2D eigenvalue weighted by Crippen LogP contribution is 2.38. The quantitative estimate of drug-likeness (QED) is 0.858. The van der Waals surface area contributed by atoms with Gasteiger partial charge in [0, 0.05) is 24.2 Å². The summed E-state index contributed by atoms with van der Waals surface area (Å²) in [6.07, 6.45) is -0.280. The van der Waals surface area contributed by atoms with Gasteiger partial charge in [0.1, 0.15) is 12.2 Å². The Morgan fingerprint density at radius 1 is 1.25 bits per heavy atom. The molecule has 0 N–H and O–H groups in total. The number of nitrogens with zero attached hydrogens (tertiary/aromatic N) is 3. The molecule has 1 fully saturated rings. The van der Waals surface area contributed by atoms with Gasteiger partial charge in [0.25, 0.3) is 12.3 Å². The molecule has 1 aliphatic heterocycles. The van der Waals surface area contributed by atoms with Crippen molar-refractivity contribution in [2.45, 2.75) is 51.2 Å². The van der Waals surface area contributed by atoms with Crippen molar-refractivity contribution in [2.24, 2.45) is 0 Å². The van der Waals surface area contributed by atoms with Crippen LogP contribution in [0.5, 0.6) is 0 Å². The summed E-state index contributed by atoms with van der Waals surface area (Å²) in [7, 11) is 0. The molecule has 0 spiro atoms. The van der Waals surface area contributed by atoms with Gasteiger partial charge in [-0.1, -0.05) is 30.3 Å². The summed E-state index contributed by atoms with van der Waals surface area (Å²) in [5, 5.41) is 3.87. The summed E-state index contributed by atoms with van der Waals surface area (Å²) in [4.78, 5) is 14.7. The highest BCUT2D eigenvalue weighted by molar-refractivity contribution is 5.93. The number of rotatable bonds is 4. The molecule has 0 unspecified atom stereocenters. The Morgan fingerprint density at radius 2 is 1.96 bits per heavy atom. The SMILES string of the molecule is C[C@@H]1C[C@@H](c2ccccc2)[C@H](C)N1C(=O)c1ccnn1CC(F)F. The van der Waals surface area contributed by atoms with Crippen molar-refractivity contribution in [2.75, 3.05) is 0 Å². The summed E-state index contributed by atoms with van der Waals surface area (Å²) >= 11 is 0. The third kappa shape index (κ3) is 3.05. The highest BCUT2D eigenvalue weighted by atomic mass is 19.3. The number of halogens is 2. The maximum Gasteiger partial charge on any atom is 0.272 e. The molecule has 128 valence electrons. The molecular weight excluding hydrogens is 312 g/mol. The highest BCUT2D eigenvalue weighted by Gasteiger charge is 2.40. The van der Waals surface area contributed by atoms with Crippen LogP contribution < -0.4 is 0 Å². The molecule has 1 aliphatic rings. The Hall–Kier alpha value is -2.24. The second-order valence-electron chi connectivity index (χ2n) is 6.34. The zero-order chi connectivity index (χ0) is 17.3. The van der Waals surface area contributed by atoms with Gasteiger partial charge in [0.15, 0.2) is 0 Å². The second kappa shape index (κ2) is 6.71. The molecule has 1 saturated heterocycles. The van der Waals surface area contributed by atoms with Gasteiger partial charge in [-0.2, -0.15) is 5.10 Å². The molecule has 1 aromatic carbocycles. The van der Waals surface area contributed by atoms with E-state index in [1.807, 2.05) is 32.0 Å². The van der Waals surface area contributed by atoms with Gasteiger partial charge in [-0.3, -0.25) is 9.48 Å². The van der Waals surface area contributed by atoms with Crippen LogP contribution in [0.2, 0.25) is 0 Å². The molecule has 0 aliphatic carbocycles. The van der Waals surface area contributed by atoms with Crippen LogP contribution in [-0.2, 0) is 6.54 Å². The second-order valence-corrected chi connectivity index (χ2v) is 6.34. The van der Waals surface area contributed by atoms with Crippen LogP contribution in [0.25, 0.3) is 0 Å². The van der Waals surface area contributed by atoms with Crippen LogP contribution in [0.4, 0.5) is 8.78 Å². The number of hydrogen-bond acceptors (Lipinski definition) is 2. The van der Waals surface area contributed by atoms with E-state index in [0.29, 0.717) is 0 Å². The van der Waals surface area contributed by atoms with Crippen molar-refractivity contribution in [1.82, 2.24) is 14.7 Å². The summed E-state index contributed by atoms with van der Waals surface area (Å²) in [6, 6.07) is 11.7. The van der Waals surface area contributed by atoms with Crippen molar-refractivity contribution >= 4 is 5.91 Å². The molecule has 1 aromatic heterocycles. The maximum atomic E-state index is 12.9. The van der Waals surface area contributed by atoms with E-state index in [1.54, 1.807) is 4.90 Å². The molecule has 4 nitrogen and oxygen atoms in total. The van der Waals surface area contributed by atoms with Gasteiger partial charge >= 0.3 is 0 Å². The lowest BCUT2D eigenvalue weighted by Gasteiger charge is -2.28. The van der Waals surface area contributed by atoms with E-state index in [0.717, 1.165) is 11.1 Å². The zero-order valence-electron chi connectivity index (χ0n) is 13.8. The lowest BCUT2D eigenvalue weighted by molar-refractivity contribution is 0.0663. The zero-order valence-corrected chi connectivity index (χ0v) is 13.8. The smallest absolute Gasteiger partial charge is 0.272 e. The van der Waals surface area contributed by atoms with E-state index in [-0.39, 0.29) is 29.6 Å². The summed E-state index contributed by atoms with van der Waals surface area (Å²) in [5.74, 6) is 0.0169. The minimum absolute atomic E-state index is 0.00444. The molecular formula is C18H21F2N3O. The first kappa shape index (κ1) is 16.6. The first-order chi connectivity index (χ1) is 11.5. The first-order valence-electron chi connectivity index (χ1n) is 8.16. The molecule has 0 bridgehead atoms. The van der Waals surface area contributed by atoms with Crippen LogP contribution in [0.15, 0.2) is 42.6 Å². The Balaban J connectivity index is 1.84. The molecule has 24 heavy (non-hydrogen) atoms. The Labute approximate surface area is 140 Å². The van der Waals surface area contributed by atoms with E-state index < -0.39 is 13.0 Å². The summed E-state index contributed by atoms with van der Waals surface area (Å²) in [5.41, 5.74) is 1.43. The van der Waals surface area contributed by atoms with Gasteiger partial charge in [0.2, 0.25) is 0 Å². The van der Waals surface area contributed by atoms with Crippen molar-refractivity contribution in [3.05, 3.63) is 53.9 Å². The fourth-order valence-corrected chi connectivity index (χ4v) is 3.70. The molecule has 1 amide bonds. The summed E-state index contributed by atoms with van der Waals surface area (Å²) < 4.78 is 26.4. The first-order valence-corrected chi connectivity index (χ1v) is 8.16. The Bertz CT molecular complexity index is 701. The minimum atomic E-state index is -2.54. The average Bonchev–Trinajstić information content (AvgIpc) is 3.11. The molecule has 2 aromatic rings. The van der Waals surface area contributed by atoms with Gasteiger partial charge < -0.3 is 4.90 Å². The van der Waals surface area contributed by atoms with Crippen LogP contribution in [0, 0.1) is 0 Å². The van der Waals surface area contributed by atoms with E-state index >= 15 is 0 Å². The largest absolute Gasteiger partial charge is 0.331 e. The molecule has 0 saturated carbocycles. The third-order valence-corrected chi connectivity index (χ3v) is 4.80. The number of carbonyl (C=O) groups is 1. The lowest BCUT2D eigenvalue weighted by Crippen LogP contribution is -2.40. The van der Waals surface area contributed by atoms with Gasteiger partial charge in [0.05, 0.1) is 0 Å². The number of alkyl halides is 2. The normalized spacial score (nSPS) is 23.9. The number of benzene rings is 1. The summed E-state index contributed by atoms with van der Waals surface area (Å²) in [6.45, 7) is 3.46. The third-order valence-electron chi connectivity index (χ3n) is 4.80. The van der Waals surface area contributed by atoms with E-state index in [4.69, 9.17) is 0 Å². The van der Waals surface area contributed by atoms with Crippen LogP contribution in [-0.4, -0.2) is 39.1 Å². The molecule has 3 rings (SSSR count). The Morgan fingerprint density at radius 3 is 2.62 bits per heavy atom. The number of amides is 1. The minimum Gasteiger partial charge on any atom is -0.331 e. The molecule has 6 heteroatoms. The van der Waals surface area contributed by atoms with Crippen molar-refractivity contribution in [3.63, 3.8) is 0 Å². The number of hydrogen-bond donors (Lipinski definition) is 0. The fraction of sp³-hybridized carbons (Fsp3) is 0.444. The molecule has 0 radical (unpaired) electrons. The fourth-order valence-electron chi connectivity index (χ4n) is 3.70. The average molecular weight is 333 g/mol. The topological polar surface area (TPSA) is 38.1 Å².